The van der Waals surface area contributed by atoms with Gasteiger partial charge in [-0.25, -0.2) is 0 Å². The van der Waals surface area contributed by atoms with E-state index in [1.165, 1.54) is 18.0 Å². The number of allylic oxidation sites excluding steroid dienone is 3. The van der Waals surface area contributed by atoms with Crippen molar-refractivity contribution in [3.8, 4) is 0 Å². The fraction of sp³-hybridized carbons (Fsp3) is 0.400. The lowest BCUT2D eigenvalue weighted by molar-refractivity contribution is -0.156. The normalized spacial score (nSPS) is 28.4. The number of hydrogen-bond donors (Lipinski definition) is 1. The number of rotatable bonds is 1. The molecule has 2 aliphatic rings. The molecule has 6 heteroatoms. The summed E-state index contributed by atoms with van der Waals surface area (Å²) in [5.41, 5.74) is -0.519. The summed E-state index contributed by atoms with van der Waals surface area (Å²) in [4.78, 5) is 1.50. The van der Waals surface area contributed by atoms with Crippen LogP contribution in [0.1, 0.15) is 13.3 Å². The largest absolute Gasteiger partial charge is 0.393 e. The molecule has 0 aromatic carbocycles. The third-order valence-electron chi connectivity index (χ3n) is 2.55. The molecule has 0 aromatic rings. The topological polar surface area (TPSA) is 15.3 Å². The molecule has 2 nitrogen and oxygen atoms in total. The maximum Gasteiger partial charge on any atom is 0.393 e. The molecule has 0 fully saturated rings. The molecule has 0 aromatic heterocycles. The molecule has 2 aliphatic heterocycles. The minimum atomic E-state index is -4.23. The van der Waals surface area contributed by atoms with Gasteiger partial charge in [0.05, 0.1) is 17.2 Å². The van der Waals surface area contributed by atoms with Crippen molar-refractivity contribution in [2.45, 2.75) is 25.2 Å². The summed E-state index contributed by atoms with van der Waals surface area (Å²) in [7, 11) is 0. The molecule has 0 radical (unpaired) electrons. The maximum atomic E-state index is 12.4. The van der Waals surface area contributed by atoms with Crippen LogP contribution in [0.5, 0.6) is 0 Å². The molecule has 0 saturated heterocycles. The Labute approximate surface area is 96.1 Å². The van der Waals surface area contributed by atoms with Crippen molar-refractivity contribution in [3.63, 3.8) is 0 Å². The van der Waals surface area contributed by atoms with Crippen LogP contribution >= 0.6 is 11.6 Å². The summed E-state index contributed by atoms with van der Waals surface area (Å²) < 4.78 is 37.3. The van der Waals surface area contributed by atoms with Crippen LogP contribution in [0.15, 0.2) is 35.3 Å². The monoisotopic (exact) mass is 250 g/mol. The first-order chi connectivity index (χ1) is 7.30. The number of nitrogens with one attached hydrogen (secondary N) is 1. The highest BCUT2D eigenvalue weighted by Crippen LogP contribution is 2.37. The molecule has 1 atom stereocenters. The first-order valence-electron chi connectivity index (χ1n) is 4.70. The summed E-state index contributed by atoms with van der Waals surface area (Å²) in [5, 5.41) is 3.15. The van der Waals surface area contributed by atoms with E-state index in [0.29, 0.717) is 10.7 Å². The zero-order chi connectivity index (χ0) is 12.0. The van der Waals surface area contributed by atoms with Crippen molar-refractivity contribution in [2.75, 3.05) is 0 Å². The third kappa shape index (κ3) is 2.04. The van der Waals surface area contributed by atoms with Crippen LogP contribution in [0.25, 0.3) is 0 Å². The van der Waals surface area contributed by atoms with E-state index >= 15 is 0 Å². The van der Waals surface area contributed by atoms with Gasteiger partial charge in [-0.3, -0.25) is 0 Å². The van der Waals surface area contributed by atoms with Crippen LogP contribution in [0, 0.1) is 0 Å². The Hall–Kier alpha value is -1.10. The second kappa shape index (κ2) is 3.45. The van der Waals surface area contributed by atoms with Gasteiger partial charge >= 0.3 is 6.18 Å². The summed E-state index contributed by atoms with van der Waals surface area (Å²) in [6, 6.07) is 0. The van der Waals surface area contributed by atoms with E-state index in [2.05, 4.69) is 5.32 Å². The third-order valence-corrected chi connectivity index (χ3v) is 2.77. The predicted octanol–water partition coefficient (Wildman–Crippen LogP) is 3.05. The highest BCUT2D eigenvalue weighted by Gasteiger charge is 2.45. The van der Waals surface area contributed by atoms with Crippen molar-refractivity contribution >= 4 is 11.6 Å². The van der Waals surface area contributed by atoms with E-state index in [1.54, 1.807) is 18.4 Å². The van der Waals surface area contributed by atoms with Gasteiger partial charge in [-0.15, -0.1) is 0 Å². The lowest BCUT2D eigenvalue weighted by atomic mass is 10.1. The Bertz CT molecular complexity index is 397. The van der Waals surface area contributed by atoms with Gasteiger partial charge in [-0.2, -0.15) is 13.2 Å². The van der Waals surface area contributed by atoms with Crippen LogP contribution in [0.3, 0.4) is 0 Å². The number of hydrogen-bond acceptors (Lipinski definition) is 2. The van der Waals surface area contributed by atoms with E-state index in [4.69, 9.17) is 11.6 Å². The van der Waals surface area contributed by atoms with E-state index in [1.807, 2.05) is 0 Å². The van der Waals surface area contributed by atoms with Crippen LogP contribution < -0.4 is 5.32 Å². The Morgan fingerprint density at radius 1 is 1.44 bits per heavy atom. The highest BCUT2D eigenvalue weighted by atomic mass is 35.5. The fourth-order valence-electron chi connectivity index (χ4n) is 1.86. The van der Waals surface area contributed by atoms with Crippen molar-refractivity contribution in [1.29, 1.82) is 0 Å². The summed E-state index contributed by atoms with van der Waals surface area (Å²) in [6.07, 6.45) is 1.20. The number of halogens is 4. The van der Waals surface area contributed by atoms with Gasteiger partial charge in [0, 0.05) is 12.4 Å². The lowest BCUT2D eigenvalue weighted by Gasteiger charge is -2.37. The second-order valence-corrected chi connectivity index (χ2v) is 4.43. The van der Waals surface area contributed by atoms with E-state index in [9.17, 15) is 13.2 Å². The first-order valence-corrected chi connectivity index (χ1v) is 5.07. The SMILES string of the molecule is CC1(CC(F)(F)F)NC=C2C=CC(Cl)=CN21. The lowest BCUT2D eigenvalue weighted by Crippen LogP contribution is -2.50. The average Bonchev–Trinajstić information content (AvgIpc) is 2.41. The molecule has 1 N–H and O–H groups in total. The molecule has 2 rings (SSSR count). The zero-order valence-electron chi connectivity index (χ0n) is 8.48. The smallest absolute Gasteiger partial charge is 0.367 e. The van der Waals surface area contributed by atoms with Crippen LogP contribution in [0.4, 0.5) is 13.2 Å². The first kappa shape index (κ1) is 11.4. The van der Waals surface area contributed by atoms with Gasteiger partial charge in [0.15, 0.2) is 0 Å². The molecule has 0 spiro atoms. The Morgan fingerprint density at radius 3 is 2.75 bits per heavy atom. The van der Waals surface area contributed by atoms with Gasteiger partial charge < -0.3 is 10.2 Å². The molecular weight excluding hydrogens is 241 g/mol. The average molecular weight is 251 g/mol. The van der Waals surface area contributed by atoms with Gasteiger partial charge in [-0.1, -0.05) is 11.6 Å². The Kier molecular flexibility index (Phi) is 2.45. The predicted molar refractivity (Wildman–Crippen MR) is 55.2 cm³/mol. The van der Waals surface area contributed by atoms with Gasteiger partial charge in [0.25, 0.3) is 0 Å². The number of nitrogens with zero attached hydrogens (tertiary/aromatic N) is 1. The minimum Gasteiger partial charge on any atom is -0.367 e. The molecule has 0 saturated carbocycles. The molecule has 1 unspecified atom stereocenters. The Balaban J connectivity index is 2.24. The summed E-state index contributed by atoms with van der Waals surface area (Å²) in [5.74, 6) is 0. The van der Waals surface area contributed by atoms with Gasteiger partial charge in [0.1, 0.15) is 5.66 Å². The van der Waals surface area contributed by atoms with Crippen molar-refractivity contribution < 1.29 is 13.2 Å². The second-order valence-electron chi connectivity index (χ2n) is 4.00. The van der Waals surface area contributed by atoms with Crippen LogP contribution in [0.2, 0.25) is 0 Å². The maximum absolute atomic E-state index is 12.4. The zero-order valence-corrected chi connectivity index (χ0v) is 9.23. The quantitative estimate of drug-likeness (QED) is 0.770. The van der Waals surface area contributed by atoms with E-state index < -0.39 is 18.3 Å². The van der Waals surface area contributed by atoms with Crippen LogP contribution in [-0.4, -0.2) is 16.7 Å². The van der Waals surface area contributed by atoms with Crippen molar-refractivity contribution in [1.82, 2.24) is 10.2 Å². The van der Waals surface area contributed by atoms with Crippen molar-refractivity contribution in [2.24, 2.45) is 0 Å². The number of fused-ring (bicyclic) bond motifs is 1. The molecule has 0 amide bonds. The fourth-order valence-corrected chi connectivity index (χ4v) is 2.02. The molecule has 16 heavy (non-hydrogen) atoms. The summed E-state index contributed by atoms with van der Waals surface area (Å²) >= 11 is 5.78. The number of alkyl halides is 3. The van der Waals surface area contributed by atoms with Gasteiger partial charge in [0.2, 0.25) is 0 Å². The van der Waals surface area contributed by atoms with Gasteiger partial charge in [-0.05, 0) is 19.1 Å². The molecular formula is C10H10ClF3N2. The summed E-state index contributed by atoms with van der Waals surface area (Å²) in [6.45, 7) is 1.49. The minimum absolute atomic E-state index is 0.411. The standard InChI is InChI=1S/C10H10ClF3N2/c1-9(6-10(12,13)14)15-4-8-3-2-7(11)5-16(8)9/h2-5,15H,6H2,1H3. The molecule has 0 aliphatic carbocycles. The molecule has 0 bridgehead atoms. The van der Waals surface area contributed by atoms with Crippen LogP contribution in [-0.2, 0) is 0 Å². The van der Waals surface area contributed by atoms with E-state index in [0.717, 1.165) is 0 Å². The molecule has 2 heterocycles. The van der Waals surface area contributed by atoms with E-state index in [-0.39, 0.29) is 0 Å². The Morgan fingerprint density at radius 2 is 2.12 bits per heavy atom. The molecule has 88 valence electrons. The van der Waals surface area contributed by atoms with Crippen molar-refractivity contribution in [3.05, 3.63) is 35.3 Å². The highest BCUT2D eigenvalue weighted by molar-refractivity contribution is 6.31.